The fraction of sp³-hybridized carbons (Fsp3) is 1.00. The van der Waals surface area contributed by atoms with E-state index in [9.17, 15) is 4.21 Å². The molecular weight excluding hydrogens is 202 g/mol. The Bertz CT molecular complexity index is 180. The van der Waals surface area contributed by atoms with E-state index in [0.29, 0.717) is 0 Å². The summed E-state index contributed by atoms with van der Waals surface area (Å²) in [7, 11) is 1.21. The Kier molecular flexibility index (Phi) is 4.92. The second-order valence-electron chi connectivity index (χ2n) is 2.60. The minimum absolute atomic E-state index is 0.115. The predicted molar refractivity (Wildman–Crippen MR) is 43.3 cm³/mol. The highest BCUT2D eigenvalue weighted by Crippen LogP contribution is 2.03. The molecule has 0 amide bonds. The number of likely N-dealkylation sites (N-methyl/N-ethyl adjacent to an activating group) is 1. The Labute approximate surface area is 78.0 Å². The maximum atomic E-state index is 10.1. The van der Waals surface area contributed by atoms with Crippen LogP contribution >= 0.6 is 0 Å². The van der Waals surface area contributed by atoms with E-state index >= 15 is 0 Å². The van der Waals surface area contributed by atoms with Crippen molar-refractivity contribution in [3.63, 3.8) is 0 Å². The summed E-state index contributed by atoms with van der Waals surface area (Å²) >= 11 is -2.41. The Morgan fingerprint density at radius 1 is 1.54 bits per heavy atom. The molecule has 0 spiro atoms. The Hall–Kier alpha value is -0.0900. The average molecular weight is 215 g/mol. The lowest BCUT2D eigenvalue weighted by molar-refractivity contribution is -0.389. The van der Waals surface area contributed by atoms with E-state index in [1.807, 2.05) is 0 Å². The van der Waals surface area contributed by atoms with Crippen LogP contribution in [0, 0.1) is 0 Å². The maximum Gasteiger partial charge on any atom is 0.345 e. The van der Waals surface area contributed by atoms with Crippen molar-refractivity contribution in [2.24, 2.45) is 0 Å². The van der Waals surface area contributed by atoms with E-state index in [1.54, 1.807) is 0 Å². The van der Waals surface area contributed by atoms with Crippen LogP contribution < -0.4 is 0 Å². The third-order valence-corrected chi connectivity index (χ3v) is 1.78. The van der Waals surface area contributed by atoms with Crippen molar-refractivity contribution in [3.05, 3.63) is 0 Å². The van der Waals surface area contributed by atoms with E-state index in [2.05, 4.69) is 4.18 Å². The normalized spacial score (nSPS) is 17.5. The minimum atomic E-state index is -2.95. The van der Waals surface area contributed by atoms with Crippen molar-refractivity contribution in [2.75, 3.05) is 13.6 Å². The van der Waals surface area contributed by atoms with Gasteiger partial charge in [-0.15, -0.1) is 0 Å². The monoisotopic (exact) mass is 215 g/mol. The van der Waals surface area contributed by atoms with Crippen molar-refractivity contribution in [3.8, 4) is 0 Å². The molecule has 0 aromatic carbocycles. The lowest BCUT2D eigenvalue weighted by Gasteiger charge is -2.27. The fourth-order valence-electron chi connectivity index (χ4n) is 0.679. The minimum Gasteiger partial charge on any atom is -0.330 e. The average Bonchev–Trinajstić information content (AvgIpc) is 1.82. The molecule has 8 heteroatoms. The quantitative estimate of drug-likeness (QED) is 0.311. The van der Waals surface area contributed by atoms with Gasteiger partial charge in [0.2, 0.25) is 0 Å². The second kappa shape index (κ2) is 4.96. The molecule has 0 heterocycles. The molecule has 0 aromatic rings. The summed E-state index contributed by atoms with van der Waals surface area (Å²) in [6.07, 6.45) is -3.67. The molecule has 0 fully saturated rings. The van der Waals surface area contributed by atoms with Crippen LogP contribution in [0.1, 0.15) is 6.92 Å². The van der Waals surface area contributed by atoms with E-state index in [0.717, 1.165) is 4.90 Å². The molecule has 13 heavy (non-hydrogen) atoms. The Balaban J connectivity index is 3.92. The summed E-state index contributed by atoms with van der Waals surface area (Å²) in [6.45, 7) is 1.33. The van der Waals surface area contributed by atoms with Gasteiger partial charge in [0, 0.05) is 6.54 Å². The van der Waals surface area contributed by atoms with Crippen molar-refractivity contribution < 1.29 is 28.3 Å². The number of nitrogens with zero attached hydrogens (tertiary/aromatic N) is 1. The zero-order valence-corrected chi connectivity index (χ0v) is 8.06. The van der Waals surface area contributed by atoms with E-state index < -0.39 is 23.6 Å². The van der Waals surface area contributed by atoms with E-state index in [-0.39, 0.29) is 6.54 Å². The molecule has 0 rings (SSSR count). The molecule has 0 saturated heterocycles. The largest absolute Gasteiger partial charge is 0.345 e. The van der Waals surface area contributed by atoms with Crippen LogP contribution in [0.15, 0.2) is 0 Å². The van der Waals surface area contributed by atoms with Crippen LogP contribution in [0.4, 0.5) is 0 Å². The van der Waals surface area contributed by atoms with Crippen LogP contribution in [0.5, 0.6) is 0 Å². The van der Waals surface area contributed by atoms with Crippen LogP contribution in [0.25, 0.3) is 0 Å². The Morgan fingerprint density at radius 3 is 2.31 bits per heavy atom. The first-order valence-corrected chi connectivity index (χ1v) is 4.43. The van der Waals surface area contributed by atoms with Crippen LogP contribution in [0.2, 0.25) is 0 Å². The summed E-state index contributed by atoms with van der Waals surface area (Å²) < 4.78 is 22.8. The lowest BCUT2D eigenvalue weighted by atomic mass is 10.4. The molecule has 2 atom stereocenters. The van der Waals surface area contributed by atoms with Gasteiger partial charge in [-0.05, 0) is 14.0 Å². The number of hydrogen-bond donors (Lipinski definition) is 4. The van der Waals surface area contributed by atoms with E-state index in [1.165, 1.54) is 14.0 Å². The smallest absolute Gasteiger partial charge is 0.330 e. The van der Waals surface area contributed by atoms with Gasteiger partial charge < -0.3 is 15.3 Å². The molecule has 2 unspecified atom stereocenters. The summed E-state index contributed by atoms with van der Waals surface area (Å²) in [5.74, 6) is 0. The topological polar surface area (TPSA) is 110 Å². The van der Waals surface area contributed by atoms with Crippen LogP contribution in [-0.4, -0.2) is 54.8 Å². The zero-order chi connectivity index (χ0) is 10.6. The molecule has 0 aliphatic carbocycles. The molecule has 0 aromatic heterocycles. The zero-order valence-electron chi connectivity index (χ0n) is 7.25. The summed E-state index contributed by atoms with van der Waals surface area (Å²) in [6, 6.07) is 0. The highest BCUT2D eigenvalue weighted by molar-refractivity contribution is 7.74. The maximum absolute atomic E-state index is 10.1. The third-order valence-electron chi connectivity index (χ3n) is 1.29. The second-order valence-corrected chi connectivity index (χ2v) is 3.23. The van der Waals surface area contributed by atoms with Crippen LogP contribution in [-0.2, 0) is 15.5 Å². The molecule has 4 N–H and O–H groups in total. The molecule has 80 valence electrons. The number of aliphatic hydroxyl groups is 3. The van der Waals surface area contributed by atoms with Gasteiger partial charge in [0.05, 0.1) is 6.10 Å². The summed E-state index contributed by atoms with van der Waals surface area (Å²) in [5, 5.41) is 25.8. The standard InChI is InChI=1S/C5H13NO6S/c1-4(12-13(10)11)3-6(2)5(7,8)9/h4,7-9H,3H2,1-2H3,(H,10,11). The first-order chi connectivity index (χ1) is 5.73. The van der Waals surface area contributed by atoms with Gasteiger partial charge in [-0.3, -0.25) is 8.74 Å². The van der Waals surface area contributed by atoms with Crippen molar-refractivity contribution in [1.29, 1.82) is 0 Å². The molecule has 0 aliphatic heterocycles. The van der Waals surface area contributed by atoms with Gasteiger partial charge in [-0.2, -0.15) is 4.21 Å². The summed E-state index contributed by atoms with van der Waals surface area (Å²) in [5.41, 5.74) is 0. The Morgan fingerprint density at radius 2 is 2.00 bits per heavy atom. The predicted octanol–water partition coefficient (Wildman–Crippen LogP) is -1.95. The third kappa shape index (κ3) is 6.05. The van der Waals surface area contributed by atoms with E-state index in [4.69, 9.17) is 19.9 Å². The molecule has 0 bridgehead atoms. The first kappa shape index (κ1) is 12.9. The highest BCUT2D eigenvalue weighted by Gasteiger charge is 2.27. The van der Waals surface area contributed by atoms with Crippen molar-refractivity contribution in [2.45, 2.75) is 19.1 Å². The van der Waals surface area contributed by atoms with Gasteiger partial charge in [-0.25, -0.2) is 4.90 Å². The van der Waals surface area contributed by atoms with Crippen LogP contribution in [0.3, 0.4) is 0 Å². The van der Waals surface area contributed by atoms with Crippen molar-refractivity contribution >= 4 is 11.4 Å². The first-order valence-electron chi connectivity index (χ1n) is 3.40. The van der Waals surface area contributed by atoms with Gasteiger partial charge in [0.1, 0.15) is 0 Å². The number of rotatable bonds is 5. The van der Waals surface area contributed by atoms with Gasteiger partial charge in [0.25, 0.3) is 0 Å². The molecule has 0 radical (unpaired) electrons. The number of hydrogen-bond acceptors (Lipinski definition) is 6. The van der Waals surface area contributed by atoms with Gasteiger partial charge >= 0.3 is 17.5 Å². The van der Waals surface area contributed by atoms with Gasteiger partial charge in [-0.1, -0.05) is 0 Å². The molecule has 0 aliphatic rings. The fourth-order valence-corrected chi connectivity index (χ4v) is 1.02. The molecule has 0 saturated carbocycles. The molecule has 7 nitrogen and oxygen atoms in total. The lowest BCUT2D eigenvalue weighted by Crippen LogP contribution is -2.49. The molecular formula is C5H13NO6S. The summed E-state index contributed by atoms with van der Waals surface area (Å²) in [4.78, 5) is 0.741. The van der Waals surface area contributed by atoms with Gasteiger partial charge in [0.15, 0.2) is 0 Å². The van der Waals surface area contributed by atoms with Crippen molar-refractivity contribution in [1.82, 2.24) is 4.90 Å². The SMILES string of the molecule is CC(CN(C)C(O)(O)O)OS(=O)O. The highest BCUT2D eigenvalue weighted by atomic mass is 32.2.